The Kier molecular flexibility index (Phi) is 5.99. The van der Waals surface area contributed by atoms with Crippen LogP contribution in [0.25, 0.3) is 0 Å². The number of carbonyl (C=O) groups excluding carboxylic acids is 1. The van der Waals surface area contributed by atoms with E-state index in [1.165, 1.54) is 25.7 Å². The van der Waals surface area contributed by atoms with Crippen molar-refractivity contribution in [2.24, 2.45) is 5.41 Å². The Bertz CT molecular complexity index is 399. The Morgan fingerprint density at radius 3 is 2.57 bits per heavy atom. The molecule has 1 N–H and O–H groups in total. The largest absolute Gasteiger partial charge is 0.444 e. The minimum absolute atomic E-state index is 0.139. The Hall–Kier alpha value is -0.770. The van der Waals surface area contributed by atoms with Gasteiger partial charge in [-0.05, 0) is 71.6 Å². The molecule has 2 rings (SSSR count). The number of carbonyl (C=O) groups is 1. The van der Waals surface area contributed by atoms with E-state index in [0.717, 1.165) is 32.4 Å². The quantitative estimate of drug-likeness (QED) is 0.818. The Morgan fingerprint density at radius 1 is 1.30 bits per heavy atom. The molecule has 1 amide bonds. The molecule has 4 heteroatoms. The summed E-state index contributed by atoms with van der Waals surface area (Å²) in [5.41, 5.74) is 0.0907. The maximum atomic E-state index is 12.5. The molecule has 0 bridgehead atoms. The van der Waals surface area contributed by atoms with Crippen molar-refractivity contribution < 1.29 is 9.53 Å². The van der Waals surface area contributed by atoms with Crippen LogP contribution in [0.3, 0.4) is 0 Å². The van der Waals surface area contributed by atoms with E-state index in [4.69, 9.17) is 4.74 Å². The van der Waals surface area contributed by atoms with E-state index in [9.17, 15) is 4.79 Å². The lowest BCUT2D eigenvalue weighted by Gasteiger charge is -2.41. The molecule has 2 fully saturated rings. The monoisotopic (exact) mass is 324 g/mol. The average Bonchev–Trinajstić information content (AvgIpc) is 2.42. The number of nitrogens with zero attached hydrogens (tertiary/aromatic N) is 1. The van der Waals surface area contributed by atoms with Crippen molar-refractivity contribution in [2.45, 2.75) is 97.2 Å². The molecule has 2 aliphatic rings. The van der Waals surface area contributed by atoms with Crippen molar-refractivity contribution in [3.8, 4) is 0 Å². The first-order valence-electron chi connectivity index (χ1n) is 9.42. The summed E-state index contributed by atoms with van der Waals surface area (Å²) in [7, 11) is 0. The van der Waals surface area contributed by atoms with Crippen LogP contribution in [0.1, 0.15) is 79.6 Å². The van der Waals surface area contributed by atoms with Crippen LogP contribution < -0.4 is 5.32 Å². The predicted octanol–water partition coefficient (Wildman–Crippen LogP) is 4.33. The molecule has 0 aromatic heterocycles. The summed E-state index contributed by atoms with van der Waals surface area (Å²) in [6, 6.07) is 0.760. The number of likely N-dealkylation sites (tertiary alicyclic amines) is 1. The second-order valence-electron chi connectivity index (χ2n) is 9.01. The highest BCUT2D eigenvalue weighted by Crippen LogP contribution is 2.39. The van der Waals surface area contributed by atoms with Crippen LogP contribution in [0.5, 0.6) is 0 Å². The van der Waals surface area contributed by atoms with Crippen molar-refractivity contribution in [2.75, 3.05) is 13.1 Å². The first kappa shape index (κ1) is 18.6. The summed E-state index contributed by atoms with van der Waals surface area (Å²) >= 11 is 0. The first-order valence-corrected chi connectivity index (χ1v) is 9.42. The molecule has 1 aliphatic carbocycles. The number of rotatable bonds is 5. The summed E-state index contributed by atoms with van der Waals surface area (Å²) in [6.07, 6.45) is 8.37. The van der Waals surface area contributed by atoms with E-state index < -0.39 is 5.60 Å². The van der Waals surface area contributed by atoms with Crippen LogP contribution in [0.2, 0.25) is 0 Å². The van der Waals surface area contributed by atoms with Gasteiger partial charge in [-0.15, -0.1) is 0 Å². The van der Waals surface area contributed by atoms with E-state index in [1.54, 1.807) is 0 Å². The van der Waals surface area contributed by atoms with Gasteiger partial charge in [0.1, 0.15) is 5.60 Å². The highest BCUT2D eigenvalue weighted by Gasteiger charge is 2.33. The maximum Gasteiger partial charge on any atom is 0.410 e. The Balaban J connectivity index is 1.83. The number of nitrogens with one attached hydrogen (secondary N) is 1. The topological polar surface area (TPSA) is 41.6 Å². The van der Waals surface area contributed by atoms with Gasteiger partial charge in [-0.1, -0.05) is 13.3 Å². The molecule has 0 aromatic carbocycles. The Morgan fingerprint density at radius 2 is 2.00 bits per heavy atom. The fraction of sp³-hybridized carbons (Fsp3) is 0.947. The third-order valence-corrected chi connectivity index (χ3v) is 5.32. The van der Waals surface area contributed by atoms with Gasteiger partial charge in [0, 0.05) is 25.2 Å². The standard InChI is InChI=1S/C19H36N2O2/c1-15(20-14-19(5)10-8-11-19)13-16-9-6-7-12-21(16)17(22)23-18(2,3)4/h15-16,20H,6-14H2,1-5H3. The molecule has 1 saturated heterocycles. The SMILES string of the molecule is CC(CC1CCCCN1C(=O)OC(C)(C)C)NCC1(C)CCC1. The zero-order valence-electron chi connectivity index (χ0n) is 15.8. The highest BCUT2D eigenvalue weighted by molar-refractivity contribution is 5.68. The third kappa shape index (κ3) is 5.66. The zero-order chi connectivity index (χ0) is 17.1. The van der Waals surface area contributed by atoms with Crippen molar-refractivity contribution in [1.82, 2.24) is 10.2 Å². The van der Waals surface area contributed by atoms with Gasteiger partial charge in [0.2, 0.25) is 0 Å². The van der Waals surface area contributed by atoms with Crippen LogP contribution in [-0.4, -0.2) is 41.8 Å². The van der Waals surface area contributed by atoms with E-state index in [2.05, 4.69) is 19.2 Å². The van der Waals surface area contributed by atoms with Crippen molar-refractivity contribution in [1.29, 1.82) is 0 Å². The smallest absolute Gasteiger partial charge is 0.410 e. The second kappa shape index (κ2) is 7.42. The van der Waals surface area contributed by atoms with Gasteiger partial charge in [-0.25, -0.2) is 4.79 Å². The highest BCUT2D eigenvalue weighted by atomic mass is 16.6. The lowest BCUT2D eigenvalue weighted by molar-refractivity contribution is 0.00762. The molecular formula is C19H36N2O2. The van der Waals surface area contributed by atoms with Gasteiger partial charge in [-0.2, -0.15) is 0 Å². The molecule has 2 atom stereocenters. The van der Waals surface area contributed by atoms with Crippen LogP contribution in [0, 0.1) is 5.41 Å². The van der Waals surface area contributed by atoms with Crippen LogP contribution in [-0.2, 0) is 4.74 Å². The number of ether oxygens (including phenoxy) is 1. The summed E-state index contributed by atoms with van der Waals surface area (Å²) in [6.45, 7) is 12.4. The molecule has 4 nitrogen and oxygen atoms in total. The van der Waals surface area contributed by atoms with E-state index in [0.29, 0.717) is 17.5 Å². The summed E-state index contributed by atoms with van der Waals surface area (Å²) in [4.78, 5) is 14.4. The van der Waals surface area contributed by atoms with E-state index in [-0.39, 0.29) is 6.09 Å². The predicted molar refractivity (Wildman–Crippen MR) is 94.6 cm³/mol. The van der Waals surface area contributed by atoms with Gasteiger partial charge in [0.25, 0.3) is 0 Å². The summed E-state index contributed by atoms with van der Waals surface area (Å²) < 4.78 is 5.60. The Labute approximate surface area is 142 Å². The molecule has 2 unspecified atom stereocenters. The van der Waals surface area contributed by atoms with E-state index >= 15 is 0 Å². The number of amides is 1. The minimum Gasteiger partial charge on any atom is -0.444 e. The lowest BCUT2D eigenvalue weighted by Crippen LogP contribution is -2.49. The maximum absolute atomic E-state index is 12.5. The summed E-state index contributed by atoms with van der Waals surface area (Å²) in [5.74, 6) is 0. The normalized spacial score (nSPS) is 25.6. The molecular weight excluding hydrogens is 288 g/mol. The van der Waals surface area contributed by atoms with Gasteiger partial charge >= 0.3 is 6.09 Å². The molecule has 0 aromatic rings. The molecule has 1 saturated carbocycles. The molecule has 1 aliphatic heterocycles. The first-order chi connectivity index (χ1) is 10.7. The molecule has 1 heterocycles. The molecule has 0 spiro atoms. The zero-order valence-corrected chi connectivity index (χ0v) is 15.8. The third-order valence-electron chi connectivity index (χ3n) is 5.32. The fourth-order valence-electron chi connectivity index (χ4n) is 3.68. The van der Waals surface area contributed by atoms with Crippen molar-refractivity contribution in [3.63, 3.8) is 0 Å². The van der Waals surface area contributed by atoms with Crippen molar-refractivity contribution >= 4 is 6.09 Å². The van der Waals surface area contributed by atoms with Crippen LogP contribution in [0.4, 0.5) is 4.79 Å². The molecule has 23 heavy (non-hydrogen) atoms. The summed E-state index contributed by atoms with van der Waals surface area (Å²) in [5, 5.41) is 3.70. The second-order valence-corrected chi connectivity index (χ2v) is 9.01. The number of piperidine rings is 1. The van der Waals surface area contributed by atoms with Gasteiger partial charge in [0.05, 0.1) is 0 Å². The van der Waals surface area contributed by atoms with Gasteiger partial charge in [-0.3, -0.25) is 0 Å². The van der Waals surface area contributed by atoms with Crippen LogP contribution in [0.15, 0.2) is 0 Å². The van der Waals surface area contributed by atoms with Crippen molar-refractivity contribution in [3.05, 3.63) is 0 Å². The minimum atomic E-state index is -0.415. The number of hydrogen-bond acceptors (Lipinski definition) is 3. The molecule has 134 valence electrons. The average molecular weight is 325 g/mol. The van der Waals surface area contributed by atoms with Gasteiger partial charge in [0.15, 0.2) is 0 Å². The van der Waals surface area contributed by atoms with Gasteiger partial charge < -0.3 is 15.0 Å². The molecule has 0 radical (unpaired) electrons. The van der Waals surface area contributed by atoms with Crippen LogP contribution >= 0.6 is 0 Å². The fourth-order valence-corrected chi connectivity index (χ4v) is 3.68. The van der Waals surface area contributed by atoms with E-state index in [1.807, 2.05) is 25.7 Å². The number of hydrogen-bond donors (Lipinski definition) is 1. The lowest BCUT2D eigenvalue weighted by atomic mass is 9.70.